The van der Waals surface area contributed by atoms with Crippen LogP contribution in [0.1, 0.15) is 29.8 Å². The number of sulfonamides is 1. The highest BCUT2D eigenvalue weighted by atomic mass is 32.2. The molecule has 0 unspecified atom stereocenters. The van der Waals surface area contributed by atoms with E-state index in [0.29, 0.717) is 19.6 Å². The maximum absolute atomic E-state index is 13.8. The third kappa shape index (κ3) is 7.64. The minimum absolute atomic E-state index is 0.138. The van der Waals surface area contributed by atoms with Crippen molar-refractivity contribution >= 4 is 21.6 Å². The van der Waals surface area contributed by atoms with Gasteiger partial charge in [-0.25, -0.2) is 4.98 Å². The summed E-state index contributed by atoms with van der Waals surface area (Å²) in [6, 6.07) is 21.8. The Morgan fingerprint density at radius 2 is 1.80 bits per heavy atom. The van der Waals surface area contributed by atoms with E-state index >= 15 is 0 Å². The summed E-state index contributed by atoms with van der Waals surface area (Å²) in [7, 11) is -0.401. The summed E-state index contributed by atoms with van der Waals surface area (Å²) in [5.41, 5.74) is 1.43. The van der Waals surface area contributed by atoms with Gasteiger partial charge in [-0.1, -0.05) is 43.3 Å². The highest BCUT2D eigenvalue weighted by Gasteiger charge is 2.35. The standard InChI is InChI=1S/C33H39N5O6S/c1-23-17-38(24(2)21-39)33(40)28-11-8-12-29(35-45(41,42)31-20-37(4)22-34-31)32(28)44-30(23)19-36(3)18-25-13-15-27(16-14-25)43-26-9-6-5-7-10-26/h5-16,20,22-24,30,35,39H,17-19,21H2,1-4H3/t23-,24-,30-/m1/s1. The van der Waals surface area contributed by atoms with Gasteiger partial charge >= 0.3 is 0 Å². The van der Waals surface area contributed by atoms with E-state index in [9.17, 15) is 18.3 Å². The van der Waals surface area contributed by atoms with Gasteiger partial charge in [0.25, 0.3) is 15.9 Å². The first-order valence-electron chi connectivity index (χ1n) is 14.8. The van der Waals surface area contributed by atoms with Crippen molar-refractivity contribution < 1.29 is 27.8 Å². The lowest BCUT2D eigenvalue weighted by molar-refractivity contribution is 0.0344. The predicted octanol–water partition coefficient (Wildman–Crippen LogP) is 4.37. The topological polar surface area (TPSA) is 126 Å². The van der Waals surface area contributed by atoms with Crippen LogP contribution in [0.25, 0.3) is 0 Å². The van der Waals surface area contributed by atoms with Crippen LogP contribution in [-0.2, 0) is 23.6 Å². The van der Waals surface area contributed by atoms with E-state index in [1.807, 2.05) is 68.6 Å². The Morgan fingerprint density at radius 1 is 1.09 bits per heavy atom. The molecule has 3 atom stereocenters. The Bertz CT molecular complexity index is 1710. The molecular weight excluding hydrogens is 594 g/mol. The molecule has 0 fully saturated rings. The fourth-order valence-electron chi connectivity index (χ4n) is 5.24. The number of carbonyl (C=O) groups excluding carboxylic acids is 1. The Balaban J connectivity index is 1.39. The summed E-state index contributed by atoms with van der Waals surface area (Å²) >= 11 is 0. The van der Waals surface area contributed by atoms with E-state index in [-0.39, 0.29) is 40.5 Å². The molecule has 5 rings (SSSR count). The molecule has 238 valence electrons. The number of hydrogen-bond donors (Lipinski definition) is 2. The first-order chi connectivity index (χ1) is 21.5. The van der Waals surface area contributed by atoms with Crippen molar-refractivity contribution in [3.63, 3.8) is 0 Å². The average molecular weight is 634 g/mol. The van der Waals surface area contributed by atoms with Crippen molar-refractivity contribution in [2.75, 3.05) is 31.5 Å². The number of aromatic nitrogens is 2. The van der Waals surface area contributed by atoms with E-state index in [1.54, 1.807) is 37.1 Å². The molecule has 2 N–H and O–H groups in total. The molecule has 2 heterocycles. The summed E-state index contributed by atoms with van der Waals surface area (Å²) in [4.78, 5) is 21.5. The molecule has 1 amide bonds. The molecular formula is C33H39N5O6S. The van der Waals surface area contributed by atoms with Gasteiger partial charge in [-0.05, 0) is 55.9 Å². The lowest BCUT2D eigenvalue weighted by Crippen LogP contribution is -2.49. The second-order valence-electron chi connectivity index (χ2n) is 11.5. The first kappa shape index (κ1) is 32.0. The summed E-state index contributed by atoms with van der Waals surface area (Å²) < 4.78 is 43.0. The van der Waals surface area contributed by atoms with Crippen molar-refractivity contribution in [3.8, 4) is 17.2 Å². The van der Waals surface area contributed by atoms with Gasteiger partial charge in [-0.15, -0.1) is 0 Å². The first-order valence-corrected chi connectivity index (χ1v) is 16.2. The van der Waals surface area contributed by atoms with Gasteiger partial charge in [-0.3, -0.25) is 14.4 Å². The van der Waals surface area contributed by atoms with Crippen LogP contribution in [0.15, 0.2) is 90.3 Å². The predicted molar refractivity (Wildman–Crippen MR) is 171 cm³/mol. The van der Waals surface area contributed by atoms with Crippen LogP contribution in [0.3, 0.4) is 0 Å². The van der Waals surface area contributed by atoms with E-state index in [1.165, 1.54) is 17.1 Å². The molecule has 11 nitrogen and oxygen atoms in total. The Kier molecular flexibility index (Phi) is 9.76. The number of aryl methyl sites for hydroxylation is 1. The number of nitrogens with one attached hydrogen (secondary N) is 1. The molecule has 1 aliphatic heterocycles. The zero-order valence-electron chi connectivity index (χ0n) is 25.8. The van der Waals surface area contributed by atoms with Crippen LogP contribution < -0.4 is 14.2 Å². The number of likely N-dealkylation sites (N-methyl/N-ethyl adjacent to an activating group) is 1. The number of hydrogen-bond acceptors (Lipinski definition) is 8. The molecule has 12 heteroatoms. The quantitative estimate of drug-likeness (QED) is 0.250. The van der Waals surface area contributed by atoms with Crippen molar-refractivity contribution in [1.29, 1.82) is 0 Å². The minimum Gasteiger partial charge on any atom is -0.486 e. The molecule has 0 saturated carbocycles. The number of para-hydroxylation sites is 2. The third-order valence-electron chi connectivity index (χ3n) is 7.74. The minimum atomic E-state index is -4.06. The van der Waals surface area contributed by atoms with Gasteiger partial charge in [0.2, 0.25) is 0 Å². The molecule has 0 saturated heterocycles. The van der Waals surface area contributed by atoms with Crippen molar-refractivity contribution in [2.45, 2.75) is 37.6 Å². The maximum Gasteiger partial charge on any atom is 0.281 e. The van der Waals surface area contributed by atoms with Crippen LogP contribution >= 0.6 is 0 Å². The third-order valence-corrected chi connectivity index (χ3v) is 8.99. The number of rotatable bonds is 11. The Morgan fingerprint density at radius 3 is 2.47 bits per heavy atom. The zero-order chi connectivity index (χ0) is 32.1. The van der Waals surface area contributed by atoms with Crippen LogP contribution in [-0.4, -0.2) is 77.7 Å². The van der Waals surface area contributed by atoms with Gasteiger partial charge in [0.05, 0.1) is 30.2 Å². The van der Waals surface area contributed by atoms with Gasteiger partial charge in [-0.2, -0.15) is 8.42 Å². The summed E-state index contributed by atoms with van der Waals surface area (Å²) in [6.45, 7) is 5.02. The van der Waals surface area contributed by atoms with Crippen molar-refractivity contribution in [1.82, 2.24) is 19.4 Å². The molecule has 1 aliphatic rings. The van der Waals surface area contributed by atoms with E-state index in [2.05, 4.69) is 14.6 Å². The molecule has 45 heavy (non-hydrogen) atoms. The molecule has 0 spiro atoms. The number of aliphatic hydroxyl groups excluding tert-OH is 1. The lowest BCUT2D eigenvalue weighted by Gasteiger charge is -2.38. The highest BCUT2D eigenvalue weighted by Crippen LogP contribution is 2.36. The summed E-state index contributed by atoms with van der Waals surface area (Å²) in [5.74, 6) is 1.15. The van der Waals surface area contributed by atoms with Gasteiger partial charge in [0.15, 0.2) is 10.8 Å². The van der Waals surface area contributed by atoms with Crippen molar-refractivity contribution in [2.24, 2.45) is 13.0 Å². The number of imidazole rings is 1. The largest absolute Gasteiger partial charge is 0.486 e. The van der Waals surface area contributed by atoms with Crippen molar-refractivity contribution in [3.05, 3.63) is 96.4 Å². The van der Waals surface area contributed by atoms with Gasteiger partial charge in [0, 0.05) is 38.8 Å². The number of fused-ring (bicyclic) bond motifs is 1. The Labute approximate surface area is 264 Å². The van der Waals surface area contributed by atoms with E-state index < -0.39 is 22.2 Å². The Hall–Kier alpha value is -4.39. The van der Waals surface area contributed by atoms with E-state index in [4.69, 9.17) is 9.47 Å². The number of amides is 1. The second-order valence-corrected chi connectivity index (χ2v) is 13.2. The summed E-state index contributed by atoms with van der Waals surface area (Å²) in [6.07, 6.45) is 2.37. The highest BCUT2D eigenvalue weighted by molar-refractivity contribution is 7.92. The number of carbonyl (C=O) groups is 1. The number of benzene rings is 3. The second kappa shape index (κ2) is 13.7. The van der Waals surface area contributed by atoms with E-state index in [0.717, 1.165) is 17.1 Å². The van der Waals surface area contributed by atoms with Crippen LogP contribution in [0.2, 0.25) is 0 Å². The number of nitrogens with zero attached hydrogens (tertiary/aromatic N) is 4. The number of ether oxygens (including phenoxy) is 2. The number of aliphatic hydroxyl groups is 1. The van der Waals surface area contributed by atoms with Crippen LogP contribution in [0.5, 0.6) is 17.2 Å². The lowest BCUT2D eigenvalue weighted by atomic mass is 9.99. The SMILES string of the molecule is C[C@@H]1CN([C@H](C)CO)C(=O)c2cccc(NS(=O)(=O)c3cn(C)cn3)c2O[C@@H]1CN(C)Cc1ccc(Oc2ccccc2)cc1. The molecule has 0 bridgehead atoms. The number of anilines is 1. The summed E-state index contributed by atoms with van der Waals surface area (Å²) in [5, 5.41) is 9.82. The molecule has 0 radical (unpaired) electrons. The fourth-order valence-corrected chi connectivity index (χ4v) is 6.28. The normalized spacial score (nSPS) is 17.6. The molecule has 4 aromatic rings. The molecule has 0 aliphatic carbocycles. The average Bonchev–Trinajstić information content (AvgIpc) is 3.47. The van der Waals surface area contributed by atoms with Gasteiger partial charge < -0.3 is 24.0 Å². The zero-order valence-corrected chi connectivity index (χ0v) is 26.6. The molecule has 1 aromatic heterocycles. The monoisotopic (exact) mass is 633 g/mol. The van der Waals surface area contributed by atoms with Crippen LogP contribution in [0.4, 0.5) is 5.69 Å². The fraction of sp³-hybridized carbons (Fsp3) is 0.333. The molecule has 3 aromatic carbocycles. The van der Waals surface area contributed by atoms with Crippen LogP contribution in [0, 0.1) is 5.92 Å². The maximum atomic E-state index is 13.8. The smallest absolute Gasteiger partial charge is 0.281 e. The van der Waals surface area contributed by atoms with Gasteiger partial charge in [0.1, 0.15) is 17.6 Å².